The third kappa shape index (κ3) is 3.27. The van der Waals surface area contributed by atoms with Crippen molar-refractivity contribution in [3.63, 3.8) is 0 Å². The predicted octanol–water partition coefficient (Wildman–Crippen LogP) is 2.05. The van der Waals surface area contributed by atoms with Gasteiger partial charge in [-0.25, -0.2) is 0 Å². The van der Waals surface area contributed by atoms with E-state index in [1.165, 1.54) is 6.42 Å². The molecule has 1 atom stereocenters. The summed E-state index contributed by atoms with van der Waals surface area (Å²) >= 11 is 3.38. The molecule has 88 valence electrons. The minimum absolute atomic E-state index is 0.315. The lowest BCUT2D eigenvalue weighted by Gasteiger charge is -2.15. The zero-order chi connectivity index (χ0) is 11.4. The van der Waals surface area contributed by atoms with Crippen LogP contribution in [0.3, 0.4) is 0 Å². The Morgan fingerprint density at radius 2 is 2.38 bits per heavy atom. The number of likely N-dealkylation sites (tertiary alicyclic amines) is 1. The van der Waals surface area contributed by atoms with Crippen molar-refractivity contribution in [3.8, 4) is 0 Å². The quantitative estimate of drug-likeness (QED) is 0.919. The van der Waals surface area contributed by atoms with Gasteiger partial charge in [0.15, 0.2) is 0 Å². The number of hydrogen-bond acceptors (Lipinski definition) is 3. The lowest BCUT2D eigenvalue weighted by molar-refractivity contribution is 0.249. The Hall–Kier alpha value is -0.450. The van der Waals surface area contributed by atoms with Gasteiger partial charge in [-0.2, -0.15) is 0 Å². The second-order valence-electron chi connectivity index (χ2n) is 4.37. The molecular formula is C12H17BrN2O. The van der Waals surface area contributed by atoms with E-state index in [0.29, 0.717) is 12.5 Å². The van der Waals surface area contributed by atoms with Crippen LogP contribution in [-0.4, -0.2) is 34.7 Å². The van der Waals surface area contributed by atoms with Crippen LogP contribution in [0.2, 0.25) is 0 Å². The van der Waals surface area contributed by atoms with Crippen molar-refractivity contribution in [1.29, 1.82) is 0 Å². The molecule has 1 aromatic rings. The topological polar surface area (TPSA) is 36.4 Å². The van der Waals surface area contributed by atoms with Gasteiger partial charge in [-0.1, -0.05) is 0 Å². The van der Waals surface area contributed by atoms with Crippen LogP contribution in [0.15, 0.2) is 22.8 Å². The maximum atomic E-state index is 8.90. The molecule has 1 aliphatic heterocycles. The molecule has 0 aliphatic carbocycles. The average molecular weight is 285 g/mol. The van der Waals surface area contributed by atoms with E-state index >= 15 is 0 Å². The number of rotatable bonds is 4. The Morgan fingerprint density at radius 3 is 3.06 bits per heavy atom. The highest BCUT2D eigenvalue weighted by Crippen LogP contribution is 2.20. The van der Waals surface area contributed by atoms with Gasteiger partial charge in [-0.3, -0.25) is 9.88 Å². The highest BCUT2D eigenvalue weighted by atomic mass is 79.9. The Balaban J connectivity index is 1.84. The van der Waals surface area contributed by atoms with Gasteiger partial charge in [0.25, 0.3) is 0 Å². The average Bonchev–Trinajstić information content (AvgIpc) is 2.70. The van der Waals surface area contributed by atoms with E-state index in [1.807, 2.05) is 12.3 Å². The van der Waals surface area contributed by atoms with Crippen LogP contribution in [0.4, 0.5) is 0 Å². The highest BCUT2D eigenvalue weighted by molar-refractivity contribution is 9.10. The van der Waals surface area contributed by atoms with Gasteiger partial charge in [0.2, 0.25) is 0 Å². The Morgan fingerprint density at radius 1 is 1.50 bits per heavy atom. The molecule has 0 aromatic carbocycles. The molecule has 4 heteroatoms. The van der Waals surface area contributed by atoms with Crippen LogP contribution in [0.5, 0.6) is 0 Å². The summed E-state index contributed by atoms with van der Waals surface area (Å²) in [5.74, 6) is 0.667. The molecule has 0 spiro atoms. The van der Waals surface area contributed by atoms with Gasteiger partial charge in [0, 0.05) is 30.4 Å². The first-order chi connectivity index (χ1) is 7.78. The minimum Gasteiger partial charge on any atom is -0.396 e. The van der Waals surface area contributed by atoms with Gasteiger partial charge >= 0.3 is 0 Å². The summed E-state index contributed by atoms with van der Waals surface area (Å²) in [5, 5.41) is 8.90. The van der Waals surface area contributed by atoms with Crippen LogP contribution in [0.1, 0.15) is 18.5 Å². The predicted molar refractivity (Wildman–Crippen MR) is 67.0 cm³/mol. The van der Waals surface area contributed by atoms with Crippen molar-refractivity contribution < 1.29 is 5.11 Å². The molecule has 3 nitrogen and oxygen atoms in total. The van der Waals surface area contributed by atoms with E-state index in [9.17, 15) is 0 Å². The second-order valence-corrected chi connectivity index (χ2v) is 5.29. The van der Waals surface area contributed by atoms with Crippen molar-refractivity contribution in [2.75, 3.05) is 19.7 Å². The third-order valence-corrected chi connectivity index (χ3v) is 3.55. The standard InChI is InChI=1S/C12H17BrN2O/c13-11-1-2-12(14-7-11)9-15-5-3-10(8-15)4-6-16/h1-2,7,10,16H,3-6,8-9H2. The molecule has 1 N–H and O–H groups in total. The van der Waals surface area contributed by atoms with Gasteiger partial charge in [-0.05, 0) is 53.4 Å². The van der Waals surface area contributed by atoms with Crippen LogP contribution in [-0.2, 0) is 6.54 Å². The zero-order valence-electron chi connectivity index (χ0n) is 9.27. The first-order valence-corrected chi connectivity index (χ1v) is 6.51. The maximum Gasteiger partial charge on any atom is 0.0544 e. The molecule has 2 rings (SSSR count). The first-order valence-electron chi connectivity index (χ1n) is 5.71. The van der Waals surface area contributed by atoms with Crippen LogP contribution in [0.25, 0.3) is 0 Å². The summed E-state index contributed by atoms with van der Waals surface area (Å²) < 4.78 is 1.02. The molecule has 1 aliphatic rings. The maximum absolute atomic E-state index is 8.90. The number of pyridine rings is 1. The highest BCUT2D eigenvalue weighted by Gasteiger charge is 2.21. The van der Waals surface area contributed by atoms with E-state index in [-0.39, 0.29) is 0 Å². The number of hydrogen-bond donors (Lipinski definition) is 1. The molecule has 16 heavy (non-hydrogen) atoms. The van der Waals surface area contributed by atoms with E-state index < -0.39 is 0 Å². The van der Waals surface area contributed by atoms with Crippen LogP contribution < -0.4 is 0 Å². The molecule has 0 amide bonds. The second kappa shape index (κ2) is 5.75. The molecule has 0 radical (unpaired) electrons. The smallest absolute Gasteiger partial charge is 0.0544 e. The number of halogens is 1. The number of aliphatic hydroxyl groups excluding tert-OH is 1. The van der Waals surface area contributed by atoms with Crippen molar-refractivity contribution in [1.82, 2.24) is 9.88 Å². The zero-order valence-corrected chi connectivity index (χ0v) is 10.9. The summed E-state index contributed by atoms with van der Waals surface area (Å²) in [6.45, 7) is 3.46. The summed E-state index contributed by atoms with van der Waals surface area (Å²) in [6, 6.07) is 4.09. The normalized spacial score (nSPS) is 21.5. The van der Waals surface area contributed by atoms with E-state index in [2.05, 4.69) is 31.9 Å². The summed E-state index contributed by atoms with van der Waals surface area (Å²) in [6.07, 6.45) is 3.98. The van der Waals surface area contributed by atoms with E-state index in [1.54, 1.807) is 0 Å². The molecule has 2 heterocycles. The van der Waals surface area contributed by atoms with Crippen LogP contribution >= 0.6 is 15.9 Å². The number of aromatic nitrogens is 1. The van der Waals surface area contributed by atoms with Gasteiger partial charge in [0.1, 0.15) is 0 Å². The molecule has 1 saturated heterocycles. The molecule has 0 saturated carbocycles. The van der Waals surface area contributed by atoms with Crippen molar-refractivity contribution in [3.05, 3.63) is 28.5 Å². The van der Waals surface area contributed by atoms with Crippen LogP contribution in [0, 0.1) is 5.92 Å². The number of aliphatic hydroxyl groups is 1. The van der Waals surface area contributed by atoms with Gasteiger partial charge in [-0.15, -0.1) is 0 Å². The Kier molecular flexibility index (Phi) is 4.32. The van der Waals surface area contributed by atoms with Crippen molar-refractivity contribution >= 4 is 15.9 Å². The summed E-state index contributed by atoms with van der Waals surface area (Å²) in [4.78, 5) is 6.79. The molecule has 1 unspecified atom stereocenters. The Bertz CT molecular complexity index is 328. The summed E-state index contributed by atoms with van der Waals surface area (Å²) in [5.41, 5.74) is 1.12. The van der Waals surface area contributed by atoms with E-state index in [0.717, 1.165) is 36.2 Å². The van der Waals surface area contributed by atoms with Gasteiger partial charge in [0.05, 0.1) is 5.69 Å². The fraction of sp³-hybridized carbons (Fsp3) is 0.583. The fourth-order valence-corrected chi connectivity index (χ4v) is 2.44. The van der Waals surface area contributed by atoms with E-state index in [4.69, 9.17) is 5.11 Å². The monoisotopic (exact) mass is 284 g/mol. The molecule has 0 bridgehead atoms. The lowest BCUT2D eigenvalue weighted by atomic mass is 10.1. The first kappa shape index (κ1) is 12.0. The fourth-order valence-electron chi connectivity index (χ4n) is 2.20. The largest absolute Gasteiger partial charge is 0.396 e. The SMILES string of the molecule is OCCC1CCN(Cc2ccc(Br)cn2)C1. The Labute approximate surface area is 105 Å². The minimum atomic E-state index is 0.315. The molecule has 1 aromatic heterocycles. The van der Waals surface area contributed by atoms with Crippen molar-refractivity contribution in [2.45, 2.75) is 19.4 Å². The lowest BCUT2D eigenvalue weighted by Crippen LogP contribution is -2.20. The van der Waals surface area contributed by atoms with Gasteiger partial charge < -0.3 is 5.11 Å². The van der Waals surface area contributed by atoms with Crippen molar-refractivity contribution in [2.24, 2.45) is 5.92 Å². The molecule has 1 fully saturated rings. The summed E-state index contributed by atoms with van der Waals surface area (Å²) in [7, 11) is 0. The molecular weight excluding hydrogens is 268 g/mol. The number of nitrogens with zero attached hydrogens (tertiary/aromatic N) is 2. The third-order valence-electron chi connectivity index (χ3n) is 3.08.